The number of hydrogen-bond donors (Lipinski definition) is 0. The summed E-state index contributed by atoms with van der Waals surface area (Å²) >= 11 is 0. The fraction of sp³-hybridized carbons (Fsp3) is 0.435. The minimum absolute atomic E-state index is 0.0676. The quantitative estimate of drug-likeness (QED) is 0.682. The third-order valence-corrected chi connectivity index (χ3v) is 7.04. The van der Waals surface area contributed by atoms with Crippen LogP contribution in [0.5, 0.6) is 0 Å². The Balaban J connectivity index is 1.40. The van der Waals surface area contributed by atoms with Crippen LogP contribution >= 0.6 is 0 Å². The van der Waals surface area contributed by atoms with Crippen LogP contribution in [0.15, 0.2) is 60.7 Å². The van der Waals surface area contributed by atoms with Gasteiger partial charge in [0, 0.05) is 13.1 Å². The van der Waals surface area contributed by atoms with Crippen molar-refractivity contribution in [1.29, 1.82) is 0 Å². The van der Waals surface area contributed by atoms with Gasteiger partial charge in [-0.15, -0.1) is 0 Å². The molecule has 1 saturated heterocycles. The normalized spacial score (nSPS) is 15.5. The second-order valence-corrected chi connectivity index (χ2v) is 9.88. The predicted octanol–water partition coefficient (Wildman–Crippen LogP) is 3.52. The standard InChI is InChI=1S/C23H29NO3S/c25-23(19-28(26,27)17-7-12-20-8-3-1-4-9-20)24-15-13-22(14-16-24)18-21-10-5-2-6-11-21/h1-6,8-11,22H,7,12-19H2. The maximum Gasteiger partial charge on any atom is 0.237 e. The molecule has 0 saturated carbocycles. The number of likely N-dealkylation sites (tertiary alicyclic amines) is 1. The van der Waals surface area contributed by atoms with E-state index in [4.69, 9.17) is 0 Å². The molecule has 2 aromatic carbocycles. The number of carbonyl (C=O) groups is 1. The summed E-state index contributed by atoms with van der Waals surface area (Å²) in [4.78, 5) is 14.2. The fourth-order valence-electron chi connectivity index (χ4n) is 3.83. The van der Waals surface area contributed by atoms with Crippen LogP contribution in [0.1, 0.15) is 30.4 Å². The molecule has 28 heavy (non-hydrogen) atoms. The van der Waals surface area contributed by atoms with E-state index in [0.29, 0.717) is 25.4 Å². The number of rotatable bonds is 8. The van der Waals surface area contributed by atoms with E-state index < -0.39 is 9.84 Å². The van der Waals surface area contributed by atoms with Gasteiger partial charge in [-0.2, -0.15) is 0 Å². The van der Waals surface area contributed by atoms with E-state index in [-0.39, 0.29) is 17.4 Å². The van der Waals surface area contributed by atoms with E-state index in [1.165, 1.54) is 5.56 Å². The third-order valence-electron chi connectivity index (χ3n) is 5.44. The first-order valence-electron chi connectivity index (χ1n) is 10.1. The number of piperidine rings is 1. The lowest BCUT2D eigenvalue weighted by Crippen LogP contribution is -2.42. The SMILES string of the molecule is O=C(CS(=O)(=O)CCCc1ccccc1)N1CCC(Cc2ccccc2)CC1. The first kappa shape index (κ1) is 20.6. The minimum atomic E-state index is -3.35. The Hall–Kier alpha value is -2.14. The number of nitrogens with zero attached hydrogens (tertiary/aromatic N) is 1. The van der Waals surface area contributed by atoms with Crippen molar-refractivity contribution in [2.24, 2.45) is 5.92 Å². The molecule has 2 aromatic rings. The Morgan fingerprint density at radius 2 is 1.46 bits per heavy atom. The lowest BCUT2D eigenvalue weighted by Gasteiger charge is -2.32. The van der Waals surface area contributed by atoms with Gasteiger partial charge in [0.25, 0.3) is 0 Å². The van der Waals surface area contributed by atoms with Crippen molar-refractivity contribution < 1.29 is 13.2 Å². The molecule has 1 heterocycles. The number of aryl methyl sites for hydroxylation is 1. The molecule has 1 aliphatic rings. The van der Waals surface area contributed by atoms with Crippen molar-refractivity contribution in [3.63, 3.8) is 0 Å². The predicted molar refractivity (Wildman–Crippen MR) is 113 cm³/mol. The Bertz CT molecular complexity index is 842. The Morgan fingerprint density at radius 1 is 0.893 bits per heavy atom. The number of benzene rings is 2. The molecule has 3 rings (SSSR count). The molecule has 0 unspecified atom stereocenters. The molecule has 0 atom stereocenters. The van der Waals surface area contributed by atoms with Gasteiger partial charge in [-0.05, 0) is 49.1 Å². The molecular weight excluding hydrogens is 370 g/mol. The second-order valence-electron chi connectivity index (χ2n) is 7.70. The molecule has 0 aliphatic carbocycles. The summed E-state index contributed by atoms with van der Waals surface area (Å²) < 4.78 is 24.7. The highest BCUT2D eigenvalue weighted by atomic mass is 32.2. The van der Waals surface area contributed by atoms with E-state index in [2.05, 4.69) is 24.3 Å². The summed E-state index contributed by atoms with van der Waals surface area (Å²) in [5, 5.41) is 0. The zero-order valence-electron chi connectivity index (χ0n) is 16.3. The van der Waals surface area contributed by atoms with Gasteiger partial charge in [0.15, 0.2) is 9.84 Å². The molecule has 1 aliphatic heterocycles. The van der Waals surface area contributed by atoms with Crippen LogP contribution in [0.2, 0.25) is 0 Å². The number of sulfone groups is 1. The highest BCUT2D eigenvalue weighted by Crippen LogP contribution is 2.22. The summed E-state index contributed by atoms with van der Waals surface area (Å²) in [6, 6.07) is 20.2. The van der Waals surface area contributed by atoms with Gasteiger partial charge in [-0.3, -0.25) is 4.79 Å². The van der Waals surface area contributed by atoms with Crippen molar-refractivity contribution in [1.82, 2.24) is 4.90 Å². The molecule has 5 heteroatoms. The van der Waals surface area contributed by atoms with E-state index in [1.54, 1.807) is 4.90 Å². The summed E-state index contributed by atoms with van der Waals surface area (Å²) in [6.07, 6.45) is 4.18. The monoisotopic (exact) mass is 399 g/mol. The molecule has 0 bridgehead atoms. The molecule has 1 fully saturated rings. The maximum absolute atomic E-state index is 12.5. The average Bonchev–Trinajstić information content (AvgIpc) is 2.69. The third kappa shape index (κ3) is 6.48. The first-order chi connectivity index (χ1) is 13.5. The van der Waals surface area contributed by atoms with Crippen molar-refractivity contribution in [2.45, 2.75) is 32.1 Å². The fourth-order valence-corrected chi connectivity index (χ4v) is 5.11. The maximum atomic E-state index is 12.5. The summed E-state index contributed by atoms with van der Waals surface area (Å²) in [5.74, 6) is 0.0373. The highest BCUT2D eigenvalue weighted by Gasteiger charge is 2.26. The average molecular weight is 400 g/mol. The molecular formula is C23H29NO3S. The topological polar surface area (TPSA) is 54.5 Å². The van der Waals surface area contributed by atoms with Crippen LogP contribution in [0.3, 0.4) is 0 Å². The minimum Gasteiger partial charge on any atom is -0.342 e. The molecule has 150 valence electrons. The Labute approximate surface area is 168 Å². The van der Waals surface area contributed by atoms with E-state index in [0.717, 1.165) is 31.2 Å². The van der Waals surface area contributed by atoms with Gasteiger partial charge in [0.2, 0.25) is 5.91 Å². The number of amides is 1. The van der Waals surface area contributed by atoms with Crippen LogP contribution in [0.4, 0.5) is 0 Å². The van der Waals surface area contributed by atoms with E-state index >= 15 is 0 Å². The van der Waals surface area contributed by atoms with Crippen LogP contribution < -0.4 is 0 Å². The van der Waals surface area contributed by atoms with Gasteiger partial charge in [-0.1, -0.05) is 60.7 Å². The Morgan fingerprint density at radius 3 is 2.07 bits per heavy atom. The summed E-state index contributed by atoms with van der Waals surface area (Å²) in [6.45, 7) is 1.33. The number of carbonyl (C=O) groups excluding carboxylic acids is 1. The van der Waals surface area contributed by atoms with Crippen molar-refractivity contribution >= 4 is 15.7 Å². The second kappa shape index (κ2) is 9.87. The molecule has 0 spiro atoms. The zero-order chi connectivity index (χ0) is 19.8. The van der Waals surface area contributed by atoms with Crippen molar-refractivity contribution in [3.05, 3.63) is 71.8 Å². The lowest BCUT2D eigenvalue weighted by molar-refractivity contribution is -0.129. The van der Waals surface area contributed by atoms with E-state index in [9.17, 15) is 13.2 Å². The Kier molecular flexibility index (Phi) is 7.26. The summed E-state index contributed by atoms with van der Waals surface area (Å²) in [7, 11) is -3.35. The largest absolute Gasteiger partial charge is 0.342 e. The van der Waals surface area contributed by atoms with Crippen LogP contribution in [-0.2, 0) is 27.5 Å². The van der Waals surface area contributed by atoms with Crippen LogP contribution in [0, 0.1) is 5.92 Å². The zero-order valence-corrected chi connectivity index (χ0v) is 17.1. The van der Waals surface area contributed by atoms with Crippen LogP contribution in [-0.4, -0.2) is 43.8 Å². The first-order valence-corrected chi connectivity index (χ1v) is 11.9. The van der Waals surface area contributed by atoms with Gasteiger partial charge in [0.1, 0.15) is 5.75 Å². The van der Waals surface area contributed by atoms with E-state index in [1.807, 2.05) is 36.4 Å². The van der Waals surface area contributed by atoms with Crippen molar-refractivity contribution in [2.75, 3.05) is 24.6 Å². The van der Waals surface area contributed by atoms with Gasteiger partial charge >= 0.3 is 0 Å². The number of hydrogen-bond acceptors (Lipinski definition) is 3. The van der Waals surface area contributed by atoms with Crippen molar-refractivity contribution in [3.8, 4) is 0 Å². The highest BCUT2D eigenvalue weighted by molar-refractivity contribution is 7.92. The molecule has 0 aromatic heterocycles. The lowest BCUT2D eigenvalue weighted by atomic mass is 9.90. The van der Waals surface area contributed by atoms with Gasteiger partial charge in [0.05, 0.1) is 5.75 Å². The van der Waals surface area contributed by atoms with Crippen LogP contribution in [0.25, 0.3) is 0 Å². The van der Waals surface area contributed by atoms with Gasteiger partial charge < -0.3 is 4.90 Å². The summed E-state index contributed by atoms with van der Waals surface area (Å²) in [5.41, 5.74) is 2.46. The molecule has 1 amide bonds. The van der Waals surface area contributed by atoms with Gasteiger partial charge in [-0.25, -0.2) is 8.42 Å². The molecule has 0 N–H and O–H groups in total. The molecule has 4 nitrogen and oxygen atoms in total. The molecule has 0 radical (unpaired) electrons. The smallest absolute Gasteiger partial charge is 0.237 e.